The standard InChI is InChI=1S/C21H21NO5/c1-14-5-4-6-18(15(14)2)22-19(23)13-27-20(24)12-9-16-7-10-17(11-8-16)21(25)26-3/h4-12H,13H2,1-3H3,(H,22,23)/b12-9+. The number of aryl methyl sites for hydroxylation is 1. The fraction of sp³-hybridized carbons (Fsp3) is 0.190. The van der Waals surface area contributed by atoms with E-state index in [0.29, 0.717) is 16.8 Å². The van der Waals surface area contributed by atoms with Gasteiger partial charge in [0.15, 0.2) is 6.61 Å². The predicted molar refractivity (Wildman–Crippen MR) is 102 cm³/mol. The third kappa shape index (κ3) is 5.81. The molecule has 27 heavy (non-hydrogen) atoms. The maximum absolute atomic E-state index is 11.9. The molecule has 0 unspecified atom stereocenters. The summed E-state index contributed by atoms with van der Waals surface area (Å²) in [6.45, 7) is 3.48. The van der Waals surface area contributed by atoms with Crippen LogP contribution in [0.2, 0.25) is 0 Å². The van der Waals surface area contributed by atoms with E-state index in [1.165, 1.54) is 19.3 Å². The highest BCUT2D eigenvalue weighted by atomic mass is 16.5. The molecular formula is C21H21NO5. The summed E-state index contributed by atoms with van der Waals surface area (Å²) in [5, 5.41) is 2.72. The van der Waals surface area contributed by atoms with E-state index in [1.54, 1.807) is 30.3 Å². The molecule has 1 amide bonds. The van der Waals surface area contributed by atoms with Crippen LogP contribution < -0.4 is 5.32 Å². The number of nitrogens with one attached hydrogen (secondary N) is 1. The first kappa shape index (κ1) is 19.9. The van der Waals surface area contributed by atoms with Crippen LogP contribution in [0.1, 0.15) is 27.0 Å². The van der Waals surface area contributed by atoms with Crippen LogP contribution in [0.4, 0.5) is 5.69 Å². The Hall–Kier alpha value is -3.41. The van der Waals surface area contributed by atoms with Crippen molar-refractivity contribution >= 4 is 29.6 Å². The number of esters is 2. The van der Waals surface area contributed by atoms with Gasteiger partial charge in [-0.05, 0) is 54.8 Å². The molecular weight excluding hydrogens is 346 g/mol. The molecule has 2 rings (SSSR count). The van der Waals surface area contributed by atoms with E-state index in [9.17, 15) is 14.4 Å². The number of anilines is 1. The van der Waals surface area contributed by atoms with Gasteiger partial charge in [-0.1, -0.05) is 24.3 Å². The topological polar surface area (TPSA) is 81.7 Å². The van der Waals surface area contributed by atoms with Gasteiger partial charge in [-0.15, -0.1) is 0 Å². The van der Waals surface area contributed by atoms with Crippen molar-refractivity contribution in [2.75, 3.05) is 19.0 Å². The lowest BCUT2D eigenvalue weighted by molar-refractivity contribution is -0.142. The van der Waals surface area contributed by atoms with Crippen LogP contribution in [0.5, 0.6) is 0 Å². The van der Waals surface area contributed by atoms with Crippen molar-refractivity contribution in [2.24, 2.45) is 0 Å². The van der Waals surface area contributed by atoms with Gasteiger partial charge >= 0.3 is 11.9 Å². The number of ether oxygens (including phenoxy) is 2. The zero-order chi connectivity index (χ0) is 19.8. The summed E-state index contributed by atoms with van der Waals surface area (Å²) in [5.41, 5.74) is 3.84. The summed E-state index contributed by atoms with van der Waals surface area (Å²) < 4.78 is 9.55. The summed E-state index contributed by atoms with van der Waals surface area (Å²) in [6.07, 6.45) is 2.75. The first-order valence-electron chi connectivity index (χ1n) is 8.30. The van der Waals surface area contributed by atoms with Crippen molar-refractivity contribution < 1.29 is 23.9 Å². The molecule has 0 heterocycles. The minimum Gasteiger partial charge on any atom is -0.465 e. The number of carbonyl (C=O) groups is 3. The van der Waals surface area contributed by atoms with E-state index >= 15 is 0 Å². The maximum atomic E-state index is 11.9. The number of hydrogen-bond donors (Lipinski definition) is 1. The maximum Gasteiger partial charge on any atom is 0.337 e. The van der Waals surface area contributed by atoms with E-state index in [0.717, 1.165) is 11.1 Å². The van der Waals surface area contributed by atoms with Crippen LogP contribution in [0.3, 0.4) is 0 Å². The Morgan fingerprint density at radius 2 is 1.74 bits per heavy atom. The van der Waals surface area contributed by atoms with E-state index in [1.807, 2.05) is 26.0 Å². The molecule has 2 aromatic rings. The van der Waals surface area contributed by atoms with Gasteiger partial charge in [0.05, 0.1) is 12.7 Å². The number of carbonyl (C=O) groups excluding carboxylic acids is 3. The highest BCUT2D eigenvalue weighted by molar-refractivity contribution is 5.95. The van der Waals surface area contributed by atoms with Crippen LogP contribution in [-0.4, -0.2) is 31.6 Å². The van der Waals surface area contributed by atoms with Gasteiger partial charge in [-0.25, -0.2) is 9.59 Å². The van der Waals surface area contributed by atoms with Gasteiger partial charge in [-0.3, -0.25) is 4.79 Å². The molecule has 1 N–H and O–H groups in total. The molecule has 0 aromatic heterocycles. The van der Waals surface area contributed by atoms with Crippen molar-refractivity contribution in [3.63, 3.8) is 0 Å². The quantitative estimate of drug-likeness (QED) is 0.626. The molecule has 6 heteroatoms. The zero-order valence-corrected chi connectivity index (χ0v) is 15.4. The smallest absolute Gasteiger partial charge is 0.337 e. The molecule has 140 valence electrons. The molecule has 6 nitrogen and oxygen atoms in total. The van der Waals surface area contributed by atoms with Gasteiger partial charge in [0.1, 0.15) is 0 Å². The van der Waals surface area contributed by atoms with Crippen molar-refractivity contribution in [3.8, 4) is 0 Å². The van der Waals surface area contributed by atoms with E-state index in [4.69, 9.17) is 4.74 Å². The Morgan fingerprint density at radius 3 is 2.41 bits per heavy atom. The van der Waals surface area contributed by atoms with Crippen molar-refractivity contribution in [3.05, 3.63) is 70.8 Å². The predicted octanol–water partition coefficient (Wildman–Crippen LogP) is 3.29. The third-order valence-corrected chi connectivity index (χ3v) is 3.97. The summed E-state index contributed by atoms with van der Waals surface area (Å²) in [5.74, 6) is -1.48. The molecule has 0 atom stereocenters. The number of rotatable bonds is 6. The SMILES string of the molecule is COC(=O)c1ccc(/C=C/C(=O)OCC(=O)Nc2cccc(C)c2C)cc1. The van der Waals surface area contributed by atoms with E-state index in [2.05, 4.69) is 10.1 Å². The molecule has 0 fully saturated rings. The summed E-state index contributed by atoms with van der Waals surface area (Å²) in [7, 11) is 1.31. The van der Waals surface area contributed by atoms with Gasteiger partial charge < -0.3 is 14.8 Å². The Morgan fingerprint density at radius 1 is 1.04 bits per heavy atom. The second-order valence-electron chi connectivity index (χ2n) is 5.85. The third-order valence-electron chi connectivity index (χ3n) is 3.97. The number of hydrogen-bond acceptors (Lipinski definition) is 5. The molecule has 2 aromatic carbocycles. The monoisotopic (exact) mass is 367 g/mol. The summed E-state index contributed by atoms with van der Waals surface area (Å²) in [4.78, 5) is 35.0. The highest BCUT2D eigenvalue weighted by Gasteiger charge is 2.08. The van der Waals surface area contributed by atoms with Crippen LogP contribution in [0.15, 0.2) is 48.5 Å². The van der Waals surface area contributed by atoms with Gasteiger partial charge in [-0.2, -0.15) is 0 Å². The van der Waals surface area contributed by atoms with E-state index in [-0.39, 0.29) is 6.61 Å². The largest absolute Gasteiger partial charge is 0.465 e. The Bertz CT molecular complexity index is 869. The van der Waals surface area contributed by atoms with Crippen LogP contribution in [0.25, 0.3) is 6.08 Å². The lowest BCUT2D eigenvalue weighted by Crippen LogP contribution is -2.20. The molecule has 0 aliphatic carbocycles. The first-order chi connectivity index (χ1) is 12.9. The van der Waals surface area contributed by atoms with Gasteiger partial charge in [0.2, 0.25) is 0 Å². The second-order valence-corrected chi connectivity index (χ2v) is 5.85. The molecule has 0 saturated heterocycles. The lowest BCUT2D eigenvalue weighted by atomic mass is 10.1. The molecule has 0 aliphatic rings. The van der Waals surface area contributed by atoms with Crippen molar-refractivity contribution in [2.45, 2.75) is 13.8 Å². The van der Waals surface area contributed by atoms with Crippen LogP contribution in [0, 0.1) is 13.8 Å². The lowest BCUT2D eigenvalue weighted by Gasteiger charge is -2.10. The van der Waals surface area contributed by atoms with Crippen molar-refractivity contribution in [1.29, 1.82) is 0 Å². The Balaban J connectivity index is 1.84. The van der Waals surface area contributed by atoms with Crippen LogP contribution in [-0.2, 0) is 19.1 Å². The molecule has 0 saturated carbocycles. The minimum absolute atomic E-state index is 0.377. The zero-order valence-electron chi connectivity index (χ0n) is 15.4. The minimum atomic E-state index is -0.636. The second kappa shape index (κ2) is 9.33. The first-order valence-corrected chi connectivity index (χ1v) is 8.30. The van der Waals surface area contributed by atoms with E-state index < -0.39 is 17.8 Å². The molecule has 0 aliphatic heterocycles. The average molecular weight is 367 g/mol. The average Bonchev–Trinajstić information content (AvgIpc) is 2.68. The molecule has 0 spiro atoms. The Labute approximate surface area is 157 Å². The van der Waals surface area contributed by atoms with Gasteiger partial charge in [0, 0.05) is 11.8 Å². The fourth-order valence-corrected chi connectivity index (χ4v) is 2.27. The fourth-order valence-electron chi connectivity index (χ4n) is 2.27. The summed E-state index contributed by atoms with van der Waals surface area (Å²) >= 11 is 0. The Kier molecular flexibility index (Phi) is 6.88. The van der Waals surface area contributed by atoms with Gasteiger partial charge in [0.25, 0.3) is 5.91 Å². The normalized spacial score (nSPS) is 10.5. The number of methoxy groups -OCH3 is 1. The number of amides is 1. The van der Waals surface area contributed by atoms with Crippen molar-refractivity contribution in [1.82, 2.24) is 0 Å². The number of benzene rings is 2. The molecule has 0 bridgehead atoms. The summed E-state index contributed by atoms with van der Waals surface area (Å²) in [6, 6.07) is 12.1. The van der Waals surface area contributed by atoms with Crippen LogP contribution >= 0.6 is 0 Å². The molecule has 0 radical (unpaired) electrons. The highest BCUT2D eigenvalue weighted by Crippen LogP contribution is 2.17.